The quantitative estimate of drug-likeness (QED) is 0.905. The summed E-state index contributed by atoms with van der Waals surface area (Å²) in [5.41, 5.74) is 2.73. The molecule has 0 saturated heterocycles. The monoisotopic (exact) mass is 258 g/mol. The maximum absolute atomic E-state index is 11.9. The van der Waals surface area contributed by atoms with Crippen molar-refractivity contribution in [3.63, 3.8) is 0 Å². The highest BCUT2D eigenvalue weighted by atomic mass is 16.5. The van der Waals surface area contributed by atoms with Crippen LogP contribution in [0.3, 0.4) is 0 Å². The van der Waals surface area contributed by atoms with Gasteiger partial charge in [-0.2, -0.15) is 4.98 Å². The average molecular weight is 258 g/mol. The number of nitrogens with zero attached hydrogens (tertiary/aromatic N) is 3. The topological polar surface area (TPSA) is 71.3 Å². The molecule has 19 heavy (non-hydrogen) atoms. The Morgan fingerprint density at radius 3 is 3.05 bits per heavy atom. The highest BCUT2D eigenvalue weighted by Gasteiger charge is 2.26. The lowest BCUT2D eigenvalue weighted by Crippen LogP contribution is -2.17. The lowest BCUT2D eigenvalue weighted by molar-refractivity contribution is 0.0816. The van der Waals surface area contributed by atoms with E-state index in [4.69, 9.17) is 4.52 Å². The van der Waals surface area contributed by atoms with Gasteiger partial charge in [0, 0.05) is 37.3 Å². The van der Waals surface area contributed by atoms with Gasteiger partial charge in [-0.1, -0.05) is 11.2 Å². The molecule has 1 aromatic heterocycles. The van der Waals surface area contributed by atoms with Crippen molar-refractivity contribution in [3.8, 4) is 0 Å². The highest BCUT2D eigenvalue weighted by molar-refractivity contribution is 5.99. The van der Waals surface area contributed by atoms with Crippen molar-refractivity contribution >= 4 is 11.6 Å². The van der Waals surface area contributed by atoms with Gasteiger partial charge in [-0.15, -0.1) is 0 Å². The second kappa shape index (κ2) is 4.38. The minimum Gasteiger partial charge on any atom is -0.377 e. The zero-order valence-electron chi connectivity index (χ0n) is 10.8. The number of carbonyl (C=O) groups is 1. The molecule has 0 spiro atoms. The molecule has 6 heteroatoms. The van der Waals surface area contributed by atoms with E-state index in [-0.39, 0.29) is 5.91 Å². The first-order valence-electron chi connectivity index (χ1n) is 6.05. The van der Waals surface area contributed by atoms with E-state index in [1.165, 1.54) is 0 Å². The molecule has 1 aliphatic heterocycles. The molecule has 6 nitrogen and oxygen atoms in total. The van der Waals surface area contributed by atoms with Crippen molar-refractivity contribution < 1.29 is 9.32 Å². The summed E-state index contributed by atoms with van der Waals surface area (Å²) in [5.74, 6) is 1.21. The van der Waals surface area contributed by atoms with Crippen molar-refractivity contribution in [2.45, 2.75) is 20.0 Å². The van der Waals surface area contributed by atoms with Crippen LogP contribution in [-0.4, -0.2) is 28.0 Å². The number of hydrogen-bond donors (Lipinski definition) is 1. The van der Waals surface area contributed by atoms with E-state index in [2.05, 4.69) is 15.5 Å². The van der Waals surface area contributed by atoms with Crippen LogP contribution >= 0.6 is 0 Å². The molecule has 1 amide bonds. The molecule has 1 N–H and O–H groups in total. The van der Waals surface area contributed by atoms with Gasteiger partial charge in [-0.25, -0.2) is 0 Å². The molecule has 0 atom stereocenters. The molecule has 98 valence electrons. The SMILES string of the molecule is Cc1nc(CNc2cccc3c2CN(C)C3=O)no1. The number of benzene rings is 1. The number of hydrogen-bond acceptors (Lipinski definition) is 5. The predicted molar refractivity (Wildman–Crippen MR) is 68.6 cm³/mol. The number of fused-ring (bicyclic) bond motifs is 1. The van der Waals surface area contributed by atoms with Crippen LogP contribution < -0.4 is 5.32 Å². The van der Waals surface area contributed by atoms with Gasteiger partial charge >= 0.3 is 0 Å². The number of aryl methyl sites for hydroxylation is 1. The summed E-state index contributed by atoms with van der Waals surface area (Å²) in [5, 5.41) is 7.08. The molecule has 2 aromatic rings. The van der Waals surface area contributed by atoms with Crippen molar-refractivity contribution in [2.24, 2.45) is 0 Å². The minimum atomic E-state index is 0.0639. The number of amides is 1. The van der Waals surface area contributed by atoms with Crippen LogP contribution in [0.2, 0.25) is 0 Å². The van der Waals surface area contributed by atoms with E-state index < -0.39 is 0 Å². The maximum Gasteiger partial charge on any atom is 0.254 e. The van der Waals surface area contributed by atoms with E-state index in [0.717, 1.165) is 16.8 Å². The van der Waals surface area contributed by atoms with E-state index >= 15 is 0 Å². The van der Waals surface area contributed by atoms with Crippen molar-refractivity contribution in [1.82, 2.24) is 15.0 Å². The Bertz CT molecular complexity index is 635. The Kier molecular flexibility index (Phi) is 2.70. The van der Waals surface area contributed by atoms with Crippen LogP contribution in [0.1, 0.15) is 27.6 Å². The second-order valence-electron chi connectivity index (χ2n) is 4.58. The standard InChI is InChI=1S/C13H14N4O2/c1-8-15-12(16-19-8)6-14-11-5-3-4-9-10(11)7-17(2)13(9)18/h3-5,14H,6-7H2,1-2H3. The average Bonchev–Trinajstić information content (AvgIpc) is 2.93. The first kappa shape index (κ1) is 11.7. The summed E-state index contributed by atoms with van der Waals surface area (Å²) in [6.45, 7) is 2.86. The summed E-state index contributed by atoms with van der Waals surface area (Å²) in [6, 6.07) is 5.68. The normalized spacial score (nSPS) is 13.8. The molecular weight excluding hydrogens is 244 g/mol. The fourth-order valence-corrected chi connectivity index (χ4v) is 2.23. The van der Waals surface area contributed by atoms with Crippen LogP contribution in [0, 0.1) is 6.92 Å². The summed E-state index contributed by atoms with van der Waals surface area (Å²) in [7, 11) is 1.80. The molecule has 0 saturated carbocycles. The van der Waals surface area contributed by atoms with Crippen LogP contribution in [0.5, 0.6) is 0 Å². The van der Waals surface area contributed by atoms with Crippen LogP contribution in [0.4, 0.5) is 5.69 Å². The second-order valence-corrected chi connectivity index (χ2v) is 4.58. The summed E-state index contributed by atoms with van der Waals surface area (Å²) in [4.78, 5) is 17.7. The van der Waals surface area contributed by atoms with Gasteiger partial charge in [0.25, 0.3) is 5.91 Å². The Morgan fingerprint density at radius 1 is 1.47 bits per heavy atom. The van der Waals surface area contributed by atoms with Gasteiger partial charge in [0.05, 0.1) is 6.54 Å². The third-order valence-corrected chi connectivity index (χ3v) is 3.15. The van der Waals surface area contributed by atoms with Gasteiger partial charge in [0.2, 0.25) is 5.89 Å². The predicted octanol–water partition coefficient (Wildman–Crippen LogP) is 1.58. The molecule has 2 heterocycles. The number of carbonyl (C=O) groups excluding carboxylic acids is 1. The van der Waals surface area contributed by atoms with Gasteiger partial charge in [0.15, 0.2) is 5.82 Å². The van der Waals surface area contributed by atoms with Crippen LogP contribution in [0.15, 0.2) is 22.7 Å². The highest BCUT2D eigenvalue weighted by Crippen LogP contribution is 2.28. The fourth-order valence-electron chi connectivity index (χ4n) is 2.23. The molecular formula is C13H14N4O2. The minimum absolute atomic E-state index is 0.0639. The molecule has 0 radical (unpaired) electrons. The Labute approximate surface area is 110 Å². The smallest absolute Gasteiger partial charge is 0.254 e. The third kappa shape index (κ3) is 2.05. The van der Waals surface area contributed by atoms with Gasteiger partial charge < -0.3 is 14.7 Å². The summed E-state index contributed by atoms with van der Waals surface area (Å²) in [6.07, 6.45) is 0. The van der Waals surface area contributed by atoms with Crippen LogP contribution in [0.25, 0.3) is 0 Å². The van der Waals surface area contributed by atoms with Crippen molar-refractivity contribution in [2.75, 3.05) is 12.4 Å². The lowest BCUT2D eigenvalue weighted by atomic mass is 10.1. The van der Waals surface area contributed by atoms with Crippen molar-refractivity contribution in [1.29, 1.82) is 0 Å². The fraction of sp³-hybridized carbons (Fsp3) is 0.308. The van der Waals surface area contributed by atoms with Gasteiger partial charge in [0.1, 0.15) is 0 Å². The molecule has 0 aliphatic carbocycles. The largest absolute Gasteiger partial charge is 0.377 e. The molecule has 3 rings (SSSR count). The summed E-state index contributed by atoms with van der Waals surface area (Å²) >= 11 is 0. The number of nitrogens with one attached hydrogen (secondary N) is 1. The summed E-state index contributed by atoms with van der Waals surface area (Å²) < 4.78 is 4.92. The Morgan fingerprint density at radius 2 is 2.32 bits per heavy atom. The zero-order valence-corrected chi connectivity index (χ0v) is 10.8. The van der Waals surface area contributed by atoms with E-state index in [1.54, 1.807) is 18.9 Å². The van der Waals surface area contributed by atoms with Crippen molar-refractivity contribution in [3.05, 3.63) is 41.0 Å². The number of aromatic nitrogens is 2. The van der Waals surface area contributed by atoms with Crippen LogP contribution in [-0.2, 0) is 13.1 Å². The lowest BCUT2D eigenvalue weighted by Gasteiger charge is -2.09. The molecule has 0 fully saturated rings. The van der Waals surface area contributed by atoms with Gasteiger partial charge in [-0.3, -0.25) is 4.79 Å². The first-order chi connectivity index (χ1) is 9.15. The van der Waals surface area contributed by atoms with E-state index in [1.807, 2.05) is 18.2 Å². The van der Waals surface area contributed by atoms with Gasteiger partial charge in [-0.05, 0) is 12.1 Å². The first-order valence-corrected chi connectivity index (χ1v) is 6.05. The number of anilines is 1. The Hall–Kier alpha value is -2.37. The molecule has 0 unspecified atom stereocenters. The molecule has 1 aliphatic rings. The molecule has 0 bridgehead atoms. The van der Waals surface area contributed by atoms with E-state index in [9.17, 15) is 4.79 Å². The molecule has 1 aromatic carbocycles. The Balaban J connectivity index is 1.81. The zero-order chi connectivity index (χ0) is 13.4. The third-order valence-electron chi connectivity index (χ3n) is 3.15. The number of rotatable bonds is 3. The van der Waals surface area contributed by atoms with E-state index in [0.29, 0.717) is 24.8 Å². The maximum atomic E-state index is 11.9.